The van der Waals surface area contributed by atoms with Gasteiger partial charge < -0.3 is 21.3 Å². The molecular weight excluding hydrogens is 484 g/mol. The van der Waals surface area contributed by atoms with Crippen molar-refractivity contribution in [3.8, 4) is 5.69 Å². The van der Waals surface area contributed by atoms with E-state index in [9.17, 15) is 14.4 Å². The van der Waals surface area contributed by atoms with E-state index in [0.29, 0.717) is 55.8 Å². The Morgan fingerprint density at radius 3 is 2.24 bits per heavy atom. The standard InChI is InChI=1S/C27H38N8O3/c1-17(34-15-20-21(16-34)23(20)28)14-18-4-6-19(7-5-18)35-9-8-22(31-26(35)38)30-25(37)33-12-10-32(11-13-33)24(36)27(2,3)29/h4-9,17,20-21,23H,10-16,28-29H2,1-3H3,(H,30,31,37,38)/t17?,20-,21+,23+. The number of rotatable bonds is 6. The van der Waals surface area contributed by atoms with Gasteiger partial charge in [0.25, 0.3) is 0 Å². The quantitative estimate of drug-likeness (QED) is 0.500. The molecule has 2 saturated heterocycles. The Balaban J connectivity index is 1.14. The molecule has 3 heterocycles. The van der Waals surface area contributed by atoms with Gasteiger partial charge in [0.2, 0.25) is 5.91 Å². The number of hydrogen-bond donors (Lipinski definition) is 3. The number of carbonyl (C=O) groups excluding carboxylic acids is 2. The molecule has 2 aliphatic heterocycles. The SMILES string of the molecule is CC(Cc1ccc(-n2ccc(NC(=O)N3CCN(C(=O)C(C)(C)N)CC3)nc2=O)cc1)N1C[C@@H]2[C@@H](N)[C@@H]2C1. The number of nitrogens with one attached hydrogen (secondary N) is 1. The third-order valence-electron chi connectivity index (χ3n) is 8.10. The molecule has 5 N–H and O–H groups in total. The number of benzene rings is 1. The molecule has 1 aromatic heterocycles. The van der Waals surface area contributed by atoms with Crippen molar-refractivity contribution in [2.45, 2.75) is 44.8 Å². The van der Waals surface area contributed by atoms with E-state index < -0.39 is 11.2 Å². The van der Waals surface area contributed by atoms with Crippen LogP contribution < -0.4 is 22.5 Å². The van der Waals surface area contributed by atoms with Crippen LogP contribution in [0.2, 0.25) is 0 Å². The van der Waals surface area contributed by atoms with Crippen molar-refractivity contribution in [1.29, 1.82) is 0 Å². The maximum absolute atomic E-state index is 12.7. The lowest BCUT2D eigenvalue weighted by molar-refractivity contribution is -0.137. The van der Waals surface area contributed by atoms with Crippen molar-refractivity contribution in [3.05, 3.63) is 52.6 Å². The van der Waals surface area contributed by atoms with Crippen LogP contribution in [0, 0.1) is 11.8 Å². The number of piperidine rings is 1. The van der Waals surface area contributed by atoms with Crippen LogP contribution in [0.5, 0.6) is 0 Å². The van der Waals surface area contributed by atoms with Gasteiger partial charge in [-0.05, 0) is 62.8 Å². The highest BCUT2D eigenvalue weighted by Crippen LogP contribution is 2.44. The van der Waals surface area contributed by atoms with Gasteiger partial charge in [-0.15, -0.1) is 0 Å². The third kappa shape index (κ3) is 5.45. The second-order valence-corrected chi connectivity index (χ2v) is 11.5. The summed E-state index contributed by atoms with van der Waals surface area (Å²) in [5, 5.41) is 2.69. The van der Waals surface area contributed by atoms with Crippen molar-refractivity contribution in [3.63, 3.8) is 0 Å². The zero-order chi connectivity index (χ0) is 27.2. The average Bonchev–Trinajstić information content (AvgIpc) is 3.26. The molecule has 11 heteroatoms. The summed E-state index contributed by atoms with van der Waals surface area (Å²) in [5.74, 6) is 1.40. The summed E-state index contributed by atoms with van der Waals surface area (Å²) in [4.78, 5) is 47.6. The van der Waals surface area contributed by atoms with Crippen molar-refractivity contribution < 1.29 is 9.59 Å². The molecule has 2 aromatic rings. The fraction of sp³-hybridized carbons (Fsp3) is 0.556. The minimum Gasteiger partial charge on any atom is -0.338 e. The van der Waals surface area contributed by atoms with E-state index in [1.54, 1.807) is 35.9 Å². The van der Waals surface area contributed by atoms with Crippen LogP contribution in [0.15, 0.2) is 41.3 Å². The Labute approximate surface area is 222 Å². The Morgan fingerprint density at radius 2 is 1.66 bits per heavy atom. The summed E-state index contributed by atoms with van der Waals surface area (Å²) in [5.41, 5.74) is 12.5. The summed E-state index contributed by atoms with van der Waals surface area (Å²) in [7, 11) is 0. The number of anilines is 1. The zero-order valence-electron chi connectivity index (χ0n) is 22.3. The van der Waals surface area contributed by atoms with E-state index in [1.165, 1.54) is 10.1 Å². The second kappa shape index (κ2) is 10.1. The molecule has 1 aromatic carbocycles. The highest BCUT2D eigenvalue weighted by Gasteiger charge is 2.54. The molecule has 11 nitrogen and oxygen atoms in total. The van der Waals surface area contributed by atoms with E-state index in [0.717, 1.165) is 19.5 Å². The van der Waals surface area contributed by atoms with Crippen LogP contribution in [0.1, 0.15) is 26.3 Å². The van der Waals surface area contributed by atoms with Gasteiger partial charge in [0, 0.05) is 57.5 Å². The van der Waals surface area contributed by atoms with Crippen LogP contribution in [-0.4, -0.2) is 93.1 Å². The van der Waals surface area contributed by atoms with Crippen LogP contribution in [-0.2, 0) is 11.2 Å². The molecule has 3 aliphatic rings. The van der Waals surface area contributed by atoms with Crippen molar-refractivity contribution >= 4 is 17.8 Å². The average molecular weight is 523 g/mol. The zero-order valence-corrected chi connectivity index (χ0v) is 22.3. The van der Waals surface area contributed by atoms with Crippen molar-refractivity contribution in [2.24, 2.45) is 23.3 Å². The number of nitrogens with two attached hydrogens (primary N) is 2. The van der Waals surface area contributed by atoms with Crippen LogP contribution in [0.3, 0.4) is 0 Å². The van der Waals surface area contributed by atoms with E-state index in [4.69, 9.17) is 11.5 Å². The molecule has 3 amide bonds. The number of urea groups is 1. The molecule has 1 saturated carbocycles. The van der Waals surface area contributed by atoms with Gasteiger partial charge in [0.15, 0.2) is 0 Å². The number of likely N-dealkylation sites (tertiary alicyclic amines) is 1. The monoisotopic (exact) mass is 522 g/mol. The summed E-state index contributed by atoms with van der Waals surface area (Å²) in [6.07, 6.45) is 2.56. The topological polar surface area (TPSA) is 143 Å². The van der Waals surface area contributed by atoms with Crippen molar-refractivity contribution in [1.82, 2.24) is 24.3 Å². The summed E-state index contributed by atoms with van der Waals surface area (Å²) < 4.78 is 1.46. The van der Waals surface area contributed by atoms with E-state index >= 15 is 0 Å². The highest BCUT2D eigenvalue weighted by molar-refractivity contribution is 5.89. The Hall–Kier alpha value is -3.28. The largest absolute Gasteiger partial charge is 0.354 e. The number of fused-ring (bicyclic) bond motifs is 1. The van der Waals surface area contributed by atoms with Gasteiger partial charge in [-0.3, -0.25) is 19.6 Å². The first-order chi connectivity index (χ1) is 18.0. The normalized spacial score (nSPS) is 24.2. The molecule has 38 heavy (non-hydrogen) atoms. The predicted molar refractivity (Wildman–Crippen MR) is 145 cm³/mol. The number of hydrogen-bond acceptors (Lipinski definition) is 7. The summed E-state index contributed by atoms with van der Waals surface area (Å²) in [6.45, 7) is 9.36. The smallest absolute Gasteiger partial charge is 0.338 e. The molecule has 4 atom stereocenters. The fourth-order valence-electron chi connectivity index (χ4n) is 5.61. The molecule has 5 rings (SSSR count). The Kier molecular flexibility index (Phi) is 7.01. The van der Waals surface area contributed by atoms with Gasteiger partial charge in [-0.25, -0.2) is 9.59 Å². The minimum atomic E-state index is -0.944. The first-order valence-electron chi connectivity index (χ1n) is 13.3. The lowest BCUT2D eigenvalue weighted by atomic mass is 10.1. The van der Waals surface area contributed by atoms with Gasteiger partial charge >= 0.3 is 11.7 Å². The molecule has 204 valence electrons. The summed E-state index contributed by atoms with van der Waals surface area (Å²) >= 11 is 0. The van der Waals surface area contributed by atoms with Crippen molar-refractivity contribution in [2.75, 3.05) is 44.6 Å². The first kappa shape index (κ1) is 26.3. The van der Waals surface area contributed by atoms with E-state index in [2.05, 4.69) is 22.1 Å². The van der Waals surface area contributed by atoms with Crippen LogP contribution >= 0.6 is 0 Å². The number of nitrogens with zero attached hydrogens (tertiary/aromatic N) is 5. The summed E-state index contributed by atoms with van der Waals surface area (Å²) in [6, 6.07) is 10.0. The van der Waals surface area contributed by atoms with Gasteiger partial charge in [0.1, 0.15) is 5.82 Å². The molecule has 0 spiro atoms. The van der Waals surface area contributed by atoms with Gasteiger partial charge in [-0.1, -0.05) is 12.1 Å². The number of amides is 3. The fourth-order valence-corrected chi connectivity index (χ4v) is 5.61. The molecular formula is C27H38N8O3. The minimum absolute atomic E-state index is 0.140. The number of aromatic nitrogens is 2. The van der Waals surface area contributed by atoms with Crippen LogP contribution in [0.4, 0.5) is 10.6 Å². The molecule has 0 radical (unpaired) electrons. The second-order valence-electron chi connectivity index (χ2n) is 11.5. The molecule has 1 unspecified atom stereocenters. The van der Waals surface area contributed by atoms with Crippen LogP contribution in [0.25, 0.3) is 5.69 Å². The number of piperazine rings is 1. The lowest BCUT2D eigenvalue weighted by Gasteiger charge is -2.37. The molecule has 1 aliphatic carbocycles. The molecule has 3 fully saturated rings. The maximum Gasteiger partial charge on any atom is 0.354 e. The third-order valence-corrected chi connectivity index (χ3v) is 8.10. The van der Waals surface area contributed by atoms with E-state index in [-0.39, 0.29) is 17.8 Å². The predicted octanol–water partition coefficient (Wildman–Crippen LogP) is 0.466. The number of carbonyl (C=O) groups is 2. The maximum atomic E-state index is 12.7. The molecule has 0 bridgehead atoms. The van der Waals surface area contributed by atoms with E-state index in [1.807, 2.05) is 24.3 Å². The Morgan fingerprint density at radius 1 is 1.05 bits per heavy atom. The van der Waals surface area contributed by atoms with Gasteiger partial charge in [-0.2, -0.15) is 4.98 Å². The first-order valence-corrected chi connectivity index (χ1v) is 13.3. The van der Waals surface area contributed by atoms with Gasteiger partial charge in [0.05, 0.1) is 11.2 Å². The highest BCUT2D eigenvalue weighted by atomic mass is 16.2. The Bertz CT molecular complexity index is 1230. The lowest BCUT2D eigenvalue weighted by Crippen LogP contribution is -2.58.